The topological polar surface area (TPSA) is 71.3 Å². The number of nitro groups is 1. The number of aromatic nitrogens is 1. The van der Waals surface area contributed by atoms with Crippen molar-refractivity contribution in [3.05, 3.63) is 27.9 Å². The van der Waals surface area contributed by atoms with Gasteiger partial charge in [-0.2, -0.15) is 0 Å². The van der Waals surface area contributed by atoms with Crippen molar-refractivity contribution < 1.29 is 4.92 Å². The van der Waals surface area contributed by atoms with Gasteiger partial charge in [0.2, 0.25) is 0 Å². The van der Waals surface area contributed by atoms with Gasteiger partial charge < -0.3 is 10.2 Å². The van der Waals surface area contributed by atoms with Crippen LogP contribution in [0.5, 0.6) is 0 Å². The van der Waals surface area contributed by atoms with Gasteiger partial charge in [0, 0.05) is 19.2 Å². The van der Waals surface area contributed by atoms with Crippen molar-refractivity contribution >= 4 is 11.5 Å². The lowest BCUT2D eigenvalue weighted by molar-refractivity contribution is -0.385. The lowest BCUT2D eigenvalue weighted by Crippen LogP contribution is -2.21. The number of aryl methyl sites for hydroxylation is 1. The first-order chi connectivity index (χ1) is 7.50. The van der Waals surface area contributed by atoms with Crippen molar-refractivity contribution in [1.29, 1.82) is 0 Å². The molecule has 0 aliphatic heterocycles. The Morgan fingerprint density at radius 3 is 2.75 bits per heavy atom. The molecular weight excluding hydrogens is 208 g/mol. The number of nitrogens with zero attached hydrogens (tertiary/aromatic N) is 3. The summed E-state index contributed by atoms with van der Waals surface area (Å²) < 4.78 is 0. The second kappa shape index (κ2) is 5.41. The summed E-state index contributed by atoms with van der Waals surface area (Å²) in [6.07, 6.45) is 1.27. The summed E-state index contributed by atoms with van der Waals surface area (Å²) in [5.74, 6) is 0.701. The molecule has 0 radical (unpaired) electrons. The van der Waals surface area contributed by atoms with Gasteiger partial charge in [-0.3, -0.25) is 10.1 Å². The zero-order chi connectivity index (χ0) is 12.1. The lowest BCUT2D eigenvalue weighted by Gasteiger charge is -2.11. The molecule has 0 saturated carbocycles. The standard InChI is InChI=1S/C10H16N4O2/c1-8-6-9(14(15)16)7-12-10(8)11-4-5-13(2)3/h6-7H,4-5H2,1-3H3,(H,11,12). The summed E-state index contributed by atoms with van der Waals surface area (Å²) in [5, 5.41) is 13.6. The van der Waals surface area contributed by atoms with E-state index in [2.05, 4.69) is 10.3 Å². The van der Waals surface area contributed by atoms with Gasteiger partial charge in [0.05, 0.1) is 4.92 Å². The minimum atomic E-state index is -0.441. The van der Waals surface area contributed by atoms with Gasteiger partial charge in [-0.05, 0) is 26.6 Å². The third-order valence-electron chi connectivity index (χ3n) is 2.13. The number of likely N-dealkylation sites (N-methyl/N-ethyl adjacent to an activating group) is 1. The van der Waals surface area contributed by atoms with Crippen molar-refractivity contribution in [2.75, 3.05) is 32.5 Å². The Balaban J connectivity index is 2.64. The second-order valence-electron chi connectivity index (χ2n) is 3.85. The molecule has 0 saturated heterocycles. The molecule has 1 aromatic heterocycles. The molecule has 0 aliphatic carbocycles. The van der Waals surface area contributed by atoms with Gasteiger partial charge in [0.25, 0.3) is 5.69 Å². The average Bonchev–Trinajstić information content (AvgIpc) is 2.19. The zero-order valence-electron chi connectivity index (χ0n) is 9.73. The molecule has 0 unspecified atom stereocenters. The first kappa shape index (κ1) is 12.4. The van der Waals surface area contributed by atoms with Crippen LogP contribution in [0.15, 0.2) is 12.3 Å². The van der Waals surface area contributed by atoms with Crippen LogP contribution >= 0.6 is 0 Å². The molecule has 0 bridgehead atoms. The second-order valence-corrected chi connectivity index (χ2v) is 3.85. The van der Waals surface area contributed by atoms with Crippen molar-refractivity contribution in [2.24, 2.45) is 0 Å². The highest BCUT2D eigenvalue weighted by molar-refractivity contribution is 5.48. The largest absolute Gasteiger partial charge is 0.369 e. The molecule has 1 N–H and O–H groups in total. The number of pyridine rings is 1. The first-order valence-electron chi connectivity index (χ1n) is 5.00. The normalized spacial score (nSPS) is 10.5. The molecular formula is C10H16N4O2. The number of anilines is 1. The van der Waals surface area contributed by atoms with E-state index >= 15 is 0 Å². The highest BCUT2D eigenvalue weighted by atomic mass is 16.6. The van der Waals surface area contributed by atoms with E-state index in [1.54, 1.807) is 6.92 Å². The predicted octanol–water partition coefficient (Wildman–Crippen LogP) is 1.27. The molecule has 0 aliphatic rings. The minimum Gasteiger partial charge on any atom is -0.369 e. The number of rotatable bonds is 5. The Bertz CT molecular complexity index is 379. The molecule has 1 heterocycles. The van der Waals surface area contributed by atoms with Gasteiger partial charge in [0.15, 0.2) is 0 Å². The van der Waals surface area contributed by atoms with Gasteiger partial charge in [-0.25, -0.2) is 4.98 Å². The fraction of sp³-hybridized carbons (Fsp3) is 0.500. The maximum Gasteiger partial charge on any atom is 0.287 e. The molecule has 0 amide bonds. The summed E-state index contributed by atoms with van der Waals surface area (Å²) in [7, 11) is 3.97. The van der Waals surface area contributed by atoms with E-state index in [1.807, 2.05) is 19.0 Å². The van der Waals surface area contributed by atoms with Crippen LogP contribution in [0.4, 0.5) is 11.5 Å². The molecule has 0 aromatic carbocycles. The Hall–Kier alpha value is -1.69. The van der Waals surface area contributed by atoms with E-state index in [9.17, 15) is 10.1 Å². The van der Waals surface area contributed by atoms with Crippen molar-refractivity contribution in [3.63, 3.8) is 0 Å². The van der Waals surface area contributed by atoms with Gasteiger partial charge >= 0.3 is 0 Å². The van der Waals surface area contributed by atoms with Crippen molar-refractivity contribution in [1.82, 2.24) is 9.88 Å². The van der Waals surface area contributed by atoms with E-state index < -0.39 is 4.92 Å². The van der Waals surface area contributed by atoms with Gasteiger partial charge in [-0.15, -0.1) is 0 Å². The van der Waals surface area contributed by atoms with Crippen molar-refractivity contribution in [2.45, 2.75) is 6.92 Å². The number of nitrogens with one attached hydrogen (secondary N) is 1. The van der Waals surface area contributed by atoms with Crippen LogP contribution in [0.2, 0.25) is 0 Å². The summed E-state index contributed by atoms with van der Waals surface area (Å²) >= 11 is 0. The van der Waals surface area contributed by atoms with Crippen LogP contribution in [-0.4, -0.2) is 42.0 Å². The molecule has 16 heavy (non-hydrogen) atoms. The Morgan fingerprint density at radius 2 is 2.25 bits per heavy atom. The molecule has 6 nitrogen and oxygen atoms in total. The number of hydrogen-bond acceptors (Lipinski definition) is 5. The van der Waals surface area contributed by atoms with Crippen LogP contribution in [0.3, 0.4) is 0 Å². The van der Waals surface area contributed by atoms with Crippen LogP contribution in [0.25, 0.3) is 0 Å². The van der Waals surface area contributed by atoms with Crippen LogP contribution in [0.1, 0.15) is 5.56 Å². The highest BCUT2D eigenvalue weighted by Crippen LogP contribution is 2.17. The van der Waals surface area contributed by atoms with E-state index in [0.717, 1.165) is 18.7 Å². The smallest absolute Gasteiger partial charge is 0.287 e. The Labute approximate surface area is 94.4 Å². The first-order valence-corrected chi connectivity index (χ1v) is 5.00. The fourth-order valence-corrected chi connectivity index (χ4v) is 1.24. The van der Waals surface area contributed by atoms with Crippen LogP contribution in [-0.2, 0) is 0 Å². The average molecular weight is 224 g/mol. The van der Waals surface area contributed by atoms with E-state index in [4.69, 9.17) is 0 Å². The summed E-state index contributed by atoms with van der Waals surface area (Å²) in [6, 6.07) is 1.52. The molecule has 0 fully saturated rings. The maximum atomic E-state index is 10.5. The fourth-order valence-electron chi connectivity index (χ4n) is 1.24. The van der Waals surface area contributed by atoms with Crippen LogP contribution in [0, 0.1) is 17.0 Å². The van der Waals surface area contributed by atoms with E-state index in [0.29, 0.717) is 5.82 Å². The molecule has 1 aromatic rings. The van der Waals surface area contributed by atoms with Crippen molar-refractivity contribution in [3.8, 4) is 0 Å². The van der Waals surface area contributed by atoms with Gasteiger partial charge in [0.1, 0.15) is 12.0 Å². The van der Waals surface area contributed by atoms with E-state index in [-0.39, 0.29) is 5.69 Å². The number of hydrogen-bond donors (Lipinski definition) is 1. The monoisotopic (exact) mass is 224 g/mol. The SMILES string of the molecule is Cc1cc([N+](=O)[O-])cnc1NCCN(C)C. The molecule has 88 valence electrons. The molecule has 0 atom stereocenters. The zero-order valence-corrected chi connectivity index (χ0v) is 9.73. The Kier molecular flexibility index (Phi) is 4.19. The van der Waals surface area contributed by atoms with Gasteiger partial charge in [-0.1, -0.05) is 0 Å². The van der Waals surface area contributed by atoms with Crippen LogP contribution < -0.4 is 5.32 Å². The molecule has 1 rings (SSSR count). The van der Waals surface area contributed by atoms with E-state index in [1.165, 1.54) is 12.3 Å². The third-order valence-corrected chi connectivity index (χ3v) is 2.13. The summed E-state index contributed by atoms with van der Waals surface area (Å²) in [6.45, 7) is 3.45. The summed E-state index contributed by atoms with van der Waals surface area (Å²) in [5.41, 5.74) is 0.809. The third kappa shape index (κ3) is 3.47. The Morgan fingerprint density at radius 1 is 1.56 bits per heavy atom. The molecule has 6 heteroatoms. The summed E-state index contributed by atoms with van der Waals surface area (Å²) in [4.78, 5) is 16.1. The predicted molar refractivity (Wildman–Crippen MR) is 62.7 cm³/mol. The molecule has 0 spiro atoms. The maximum absolute atomic E-state index is 10.5. The lowest BCUT2D eigenvalue weighted by atomic mass is 10.2. The highest BCUT2D eigenvalue weighted by Gasteiger charge is 2.08. The minimum absolute atomic E-state index is 0.0238. The quantitative estimate of drug-likeness (QED) is 0.602.